The first-order valence-electron chi connectivity index (χ1n) is 10.3. The summed E-state index contributed by atoms with van der Waals surface area (Å²) >= 11 is 1.44. The Labute approximate surface area is 185 Å². The number of hydrogen-bond acceptors (Lipinski definition) is 4. The average Bonchev–Trinajstić information content (AvgIpc) is 3.21. The topological polar surface area (TPSA) is 67.8 Å². The number of para-hydroxylation sites is 1. The Kier molecular flexibility index (Phi) is 4.81. The fourth-order valence-electron chi connectivity index (χ4n) is 3.76. The van der Waals surface area contributed by atoms with Crippen molar-refractivity contribution in [3.8, 4) is 5.13 Å². The van der Waals surface area contributed by atoms with Gasteiger partial charge >= 0.3 is 0 Å². The summed E-state index contributed by atoms with van der Waals surface area (Å²) in [5, 5.41) is 4.62. The second-order valence-electron chi connectivity index (χ2n) is 9.97. The maximum absolute atomic E-state index is 13.5. The highest BCUT2D eigenvalue weighted by atomic mass is 32.1. The molecule has 1 aliphatic carbocycles. The maximum atomic E-state index is 13.5. The predicted molar refractivity (Wildman–Crippen MR) is 128 cm³/mol. The molecule has 0 fully saturated rings. The van der Waals surface area contributed by atoms with E-state index in [0.29, 0.717) is 32.4 Å². The van der Waals surface area contributed by atoms with Gasteiger partial charge in [-0.1, -0.05) is 71.6 Å². The smallest absolute Gasteiger partial charge is 0.281 e. The molecule has 1 aromatic carbocycles. The van der Waals surface area contributed by atoms with Crippen LogP contribution in [0.15, 0.2) is 52.4 Å². The first-order chi connectivity index (χ1) is 14.4. The molecule has 0 aliphatic heterocycles. The van der Waals surface area contributed by atoms with Gasteiger partial charge in [0.05, 0.1) is 20.8 Å². The summed E-state index contributed by atoms with van der Waals surface area (Å²) in [5.41, 5.74) is 2.02. The lowest BCUT2D eigenvalue weighted by Crippen LogP contribution is -2.37. The second-order valence-corrected chi connectivity index (χ2v) is 11.0. The van der Waals surface area contributed by atoms with E-state index in [-0.39, 0.29) is 22.2 Å². The summed E-state index contributed by atoms with van der Waals surface area (Å²) in [6.07, 6.45) is 3.69. The molecule has 0 saturated heterocycles. The van der Waals surface area contributed by atoms with Crippen LogP contribution in [0, 0.1) is 10.8 Å². The molecule has 31 heavy (non-hydrogen) atoms. The van der Waals surface area contributed by atoms with Crippen LogP contribution in [0.4, 0.5) is 0 Å². The van der Waals surface area contributed by atoms with Gasteiger partial charge in [0, 0.05) is 11.1 Å². The molecule has 1 aliphatic rings. The van der Waals surface area contributed by atoms with Crippen molar-refractivity contribution < 1.29 is 4.79 Å². The number of carbonyl (C=O) groups is 1. The molecule has 1 N–H and O–H groups in total. The predicted octanol–water partition coefficient (Wildman–Crippen LogP) is 3.86. The number of benzene rings is 1. The van der Waals surface area contributed by atoms with Gasteiger partial charge in [-0.2, -0.15) is 4.68 Å². The van der Waals surface area contributed by atoms with Gasteiger partial charge < -0.3 is 0 Å². The molecule has 0 saturated carbocycles. The Bertz CT molecular complexity index is 1380. The first kappa shape index (κ1) is 21.2. The maximum Gasteiger partial charge on any atom is 0.281 e. The van der Waals surface area contributed by atoms with Crippen molar-refractivity contribution in [1.82, 2.24) is 14.8 Å². The number of Topliss-reactive ketones (excluding diaryl/α,β-unsaturated/α-hetero) is 1. The lowest BCUT2D eigenvalue weighted by molar-refractivity contribution is -0.114. The molecule has 0 spiro atoms. The summed E-state index contributed by atoms with van der Waals surface area (Å²) in [7, 11) is 0. The lowest BCUT2D eigenvalue weighted by atomic mass is 9.72. The van der Waals surface area contributed by atoms with Crippen LogP contribution in [-0.2, 0) is 4.79 Å². The third-order valence-electron chi connectivity index (χ3n) is 5.43. The Morgan fingerprint density at radius 1 is 0.968 bits per heavy atom. The molecule has 0 atom stereocenters. The number of carbonyl (C=O) groups excluding carboxylic acids is 1. The first-order valence-corrected chi connectivity index (χ1v) is 11.1. The van der Waals surface area contributed by atoms with E-state index < -0.39 is 0 Å². The van der Waals surface area contributed by atoms with Crippen molar-refractivity contribution in [3.63, 3.8) is 0 Å². The highest BCUT2D eigenvalue weighted by Gasteiger charge is 2.34. The van der Waals surface area contributed by atoms with Crippen LogP contribution in [0.2, 0.25) is 0 Å². The number of aromatic amines is 1. The van der Waals surface area contributed by atoms with Gasteiger partial charge in [-0.25, -0.2) is 4.98 Å². The minimum absolute atomic E-state index is 0.0383. The Balaban J connectivity index is 2.03. The van der Waals surface area contributed by atoms with Crippen LogP contribution >= 0.6 is 11.3 Å². The van der Waals surface area contributed by atoms with Crippen LogP contribution < -0.4 is 16.1 Å². The SMILES string of the molecule is C=c1[nH]n(-c2nc3ccccc3s2)c(=O)c1=C1C=C(C(C)(C)C)C(=O)C(C(C)(C)C)=C1. The van der Waals surface area contributed by atoms with Gasteiger partial charge in [0.1, 0.15) is 0 Å². The summed E-state index contributed by atoms with van der Waals surface area (Å²) < 4.78 is 2.45. The second kappa shape index (κ2) is 7.02. The molecule has 160 valence electrons. The number of rotatable bonds is 1. The largest absolute Gasteiger partial charge is 0.289 e. The summed E-state index contributed by atoms with van der Waals surface area (Å²) in [6.45, 7) is 16.2. The normalized spacial score (nSPS) is 15.4. The van der Waals surface area contributed by atoms with E-state index in [1.165, 1.54) is 16.0 Å². The van der Waals surface area contributed by atoms with E-state index in [2.05, 4.69) is 16.7 Å². The molecule has 0 amide bonds. The van der Waals surface area contributed by atoms with E-state index >= 15 is 0 Å². The van der Waals surface area contributed by atoms with E-state index in [1.54, 1.807) is 0 Å². The molecule has 6 heteroatoms. The van der Waals surface area contributed by atoms with Gasteiger partial charge in [0.2, 0.25) is 5.13 Å². The van der Waals surface area contributed by atoms with Crippen LogP contribution in [0.5, 0.6) is 0 Å². The quantitative estimate of drug-likeness (QED) is 0.634. The molecule has 3 aromatic rings. The van der Waals surface area contributed by atoms with Gasteiger partial charge in [0.25, 0.3) is 5.56 Å². The number of nitrogens with zero attached hydrogens (tertiary/aromatic N) is 2. The standard InChI is InChI=1S/C25H27N3O2S/c1-14-20(15-12-16(24(2,3)4)21(29)17(13-15)25(5,6)7)22(30)28(27-14)23-26-18-10-8-9-11-19(18)31-23/h8-13,27H,1H2,2-7H3. The van der Waals surface area contributed by atoms with Crippen molar-refractivity contribution in [2.45, 2.75) is 41.5 Å². The Hall–Kier alpha value is -2.99. The number of hydrogen-bond donors (Lipinski definition) is 1. The molecule has 2 heterocycles. The third kappa shape index (κ3) is 3.65. The zero-order valence-corrected chi connectivity index (χ0v) is 19.6. The third-order valence-corrected chi connectivity index (χ3v) is 6.45. The van der Waals surface area contributed by atoms with Crippen molar-refractivity contribution in [2.75, 3.05) is 0 Å². The molecular formula is C25H27N3O2S. The highest BCUT2D eigenvalue weighted by molar-refractivity contribution is 7.20. The van der Waals surface area contributed by atoms with Crippen LogP contribution in [-0.4, -0.2) is 20.5 Å². The number of nitrogens with one attached hydrogen (secondary N) is 1. The fraction of sp³-hybridized carbons (Fsp3) is 0.320. The zero-order chi connectivity index (χ0) is 22.7. The number of H-pyrrole nitrogens is 1. The zero-order valence-electron chi connectivity index (χ0n) is 18.8. The van der Waals surface area contributed by atoms with Crippen LogP contribution in [0.25, 0.3) is 27.5 Å². The van der Waals surface area contributed by atoms with Crippen molar-refractivity contribution in [1.29, 1.82) is 0 Å². The molecule has 0 unspecified atom stereocenters. The number of allylic oxidation sites excluding steroid dienone is 4. The molecule has 0 radical (unpaired) electrons. The summed E-state index contributed by atoms with van der Waals surface area (Å²) in [5.74, 6) is 0.0383. The minimum Gasteiger partial charge on any atom is -0.289 e. The molecule has 0 bridgehead atoms. The molecule has 2 aromatic heterocycles. The lowest BCUT2D eigenvalue weighted by Gasteiger charge is -2.31. The molecular weight excluding hydrogens is 406 g/mol. The average molecular weight is 434 g/mol. The van der Waals surface area contributed by atoms with Gasteiger partial charge in [-0.05, 0) is 40.7 Å². The fourth-order valence-corrected chi connectivity index (χ4v) is 4.68. The Morgan fingerprint density at radius 2 is 1.55 bits per heavy atom. The highest BCUT2D eigenvalue weighted by Crippen LogP contribution is 2.38. The van der Waals surface area contributed by atoms with E-state index in [1.807, 2.05) is 78.0 Å². The molecule has 4 rings (SSSR count). The van der Waals surface area contributed by atoms with E-state index in [9.17, 15) is 9.59 Å². The number of fused-ring (bicyclic) bond motifs is 1. The number of aromatic nitrogens is 3. The minimum atomic E-state index is -0.350. The van der Waals surface area contributed by atoms with Gasteiger partial charge in [-0.15, -0.1) is 0 Å². The van der Waals surface area contributed by atoms with E-state index in [4.69, 9.17) is 0 Å². The van der Waals surface area contributed by atoms with Crippen LogP contribution in [0.1, 0.15) is 41.5 Å². The summed E-state index contributed by atoms with van der Waals surface area (Å²) in [6, 6.07) is 7.78. The number of ketones is 1. The number of thiazole rings is 1. The monoisotopic (exact) mass is 433 g/mol. The van der Waals surface area contributed by atoms with Crippen molar-refractivity contribution in [3.05, 3.63) is 68.5 Å². The van der Waals surface area contributed by atoms with E-state index in [0.717, 1.165) is 10.2 Å². The Morgan fingerprint density at radius 3 is 2.10 bits per heavy atom. The molecule has 5 nitrogen and oxygen atoms in total. The van der Waals surface area contributed by atoms with Gasteiger partial charge in [-0.3, -0.25) is 14.7 Å². The van der Waals surface area contributed by atoms with Crippen molar-refractivity contribution in [2.24, 2.45) is 10.8 Å². The van der Waals surface area contributed by atoms with Crippen LogP contribution in [0.3, 0.4) is 0 Å². The van der Waals surface area contributed by atoms with Crippen molar-refractivity contribution >= 4 is 39.5 Å². The summed E-state index contributed by atoms with van der Waals surface area (Å²) in [4.78, 5) is 31.3. The van der Waals surface area contributed by atoms with Gasteiger partial charge in [0.15, 0.2) is 5.78 Å².